The van der Waals surface area contributed by atoms with Gasteiger partial charge in [0.25, 0.3) is 0 Å². The van der Waals surface area contributed by atoms with Gasteiger partial charge in [-0.1, -0.05) is 0 Å². The second-order valence-electron chi connectivity index (χ2n) is 4.10. The molecule has 0 aromatic carbocycles. The minimum Gasteiger partial charge on any atom is -0.379 e. The lowest BCUT2D eigenvalue weighted by Crippen LogP contribution is -2.31. The Morgan fingerprint density at radius 2 is 2.44 bits per heavy atom. The molecule has 2 heterocycles. The third-order valence-corrected chi connectivity index (χ3v) is 2.84. The van der Waals surface area contributed by atoms with Crippen molar-refractivity contribution in [1.82, 2.24) is 9.78 Å². The van der Waals surface area contributed by atoms with Crippen molar-refractivity contribution in [3.8, 4) is 6.07 Å². The van der Waals surface area contributed by atoms with E-state index >= 15 is 0 Å². The summed E-state index contributed by atoms with van der Waals surface area (Å²) in [5.74, 6) is 0.801. The van der Waals surface area contributed by atoms with Gasteiger partial charge in [0.15, 0.2) is 0 Å². The molecule has 1 aromatic heterocycles. The summed E-state index contributed by atoms with van der Waals surface area (Å²) < 4.78 is 7.12. The lowest BCUT2D eigenvalue weighted by Gasteiger charge is -2.24. The predicted octanol–water partition coefficient (Wildman–Crippen LogP) is 1.19. The van der Waals surface area contributed by atoms with Crippen LogP contribution in [0.2, 0.25) is 0 Å². The highest BCUT2D eigenvalue weighted by Crippen LogP contribution is 2.20. The number of anilines is 1. The van der Waals surface area contributed by atoms with Gasteiger partial charge in [0.2, 0.25) is 0 Å². The first-order valence-corrected chi connectivity index (χ1v) is 5.50. The first-order valence-electron chi connectivity index (χ1n) is 5.50. The van der Waals surface area contributed by atoms with Crippen LogP contribution in [0.5, 0.6) is 0 Å². The predicted molar refractivity (Wildman–Crippen MR) is 60.1 cm³/mol. The van der Waals surface area contributed by atoms with E-state index in [-0.39, 0.29) is 6.04 Å². The maximum Gasteiger partial charge on any atom is 0.142 e. The Labute approximate surface area is 95.0 Å². The molecule has 1 aliphatic rings. The highest BCUT2D eigenvalue weighted by atomic mass is 16.5. The number of ether oxygens (including phenoxy) is 1. The van der Waals surface area contributed by atoms with Crippen molar-refractivity contribution in [2.24, 2.45) is 7.05 Å². The number of hydrogen-bond donors (Lipinski definition) is 1. The van der Waals surface area contributed by atoms with Crippen LogP contribution in [0, 0.1) is 18.3 Å². The Balaban J connectivity index is 2.17. The van der Waals surface area contributed by atoms with Crippen LogP contribution in [0.4, 0.5) is 5.82 Å². The monoisotopic (exact) mass is 220 g/mol. The summed E-state index contributed by atoms with van der Waals surface area (Å²) >= 11 is 0. The highest BCUT2D eigenvalue weighted by molar-refractivity contribution is 5.55. The minimum absolute atomic E-state index is 0.288. The van der Waals surface area contributed by atoms with Crippen molar-refractivity contribution >= 4 is 5.82 Å². The molecule has 0 spiro atoms. The van der Waals surface area contributed by atoms with Crippen LogP contribution in [0.1, 0.15) is 24.1 Å². The highest BCUT2D eigenvalue weighted by Gasteiger charge is 2.19. The smallest absolute Gasteiger partial charge is 0.142 e. The third-order valence-electron chi connectivity index (χ3n) is 2.84. The number of nitrogens with one attached hydrogen (secondary N) is 1. The van der Waals surface area contributed by atoms with E-state index in [1.165, 1.54) is 0 Å². The number of hydrogen-bond acceptors (Lipinski definition) is 4. The molecule has 1 atom stereocenters. The molecule has 0 bridgehead atoms. The second kappa shape index (κ2) is 4.54. The zero-order valence-corrected chi connectivity index (χ0v) is 9.66. The largest absolute Gasteiger partial charge is 0.379 e. The van der Waals surface area contributed by atoms with Gasteiger partial charge in [0.1, 0.15) is 17.5 Å². The molecule has 0 amide bonds. The molecule has 1 fully saturated rings. The number of nitrogens with zero attached hydrogens (tertiary/aromatic N) is 3. The van der Waals surface area contributed by atoms with Crippen molar-refractivity contribution in [1.29, 1.82) is 5.26 Å². The molecule has 1 unspecified atom stereocenters. The molecule has 2 rings (SSSR count). The molecule has 1 saturated heterocycles. The lowest BCUT2D eigenvalue weighted by atomic mass is 10.1. The number of nitriles is 1. The summed E-state index contributed by atoms with van der Waals surface area (Å²) in [4.78, 5) is 0. The van der Waals surface area contributed by atoms with E-state index in [0.29, 0.717) is 12.2 Å². The number of rotatable bonds is 2. The van der Waals surface area contributed by atoms with Crippen LogP contribution in [-0.2, 0) is 11.8 Å². The summed E-state index contributed by atoms with van der Waals surface area (Å²) in [6.07, 6.45) is 2.14. The van der Waals surface area contributed by atoms with E-state index in [2.05, 4.69) is 16.5 Å². The molecule has 86 valence electrons. The summed E-state index contributed by atoms with van der Waals surface area (Å²) in [6.45, 7) is 3.39. The summed E-state index contributed by atoms with van der Waals surface area (Å²) in [7, 11) is 1.85. The Morgan fingerprint density at radius 3 is 3.06 bits per heavy atom. The van der Waals surface area contributed by atoms with Crippen molar-refractivity contribution in [2.45, 2.75) is 25.8 Å². The third kappa shape index (κ3) is 2.02. The topological polar surface area (TPSA) is 62.9 Å². The van der Waals surface area contributed by atoms with Gasteiger partial charge in [0.05, 0.1) is 18.3 Å². The number of aromatic nitrogens is 2. The zero-order valence-electron chi connectivity index (χ0n) is 9.66. The standard InChI is InChI=1S/C11H16N4O/c1-8-10(6-12)11(15(2)14-8)13-9-4-3-5-16-7-9/h9,13H,3-5,7H2,1-2H3. The molecule has 1 N–H and O–H groups in total. The van der Waals surface area contributed by atoms with Crippen LogP contribution in [-0.4, -0.2) is 29.0 Å². The van der Waals surface area contributed by atoms with Gasteiger partial charge in [-0.3, -0.25) is 4.68 Å². The van der Waals surface area contributed by atoms with Gasteiger partial charge in [-0.2, -0.15) is 10.4 Å². The fraction of sp³-hybridized carbons (Fsp3) is 0.636. The van der Waals surface area contributed by atoms with Gasteiger partial charge in [-0.15, -0.1) is 0 Å². The van der Waals surface area contributed by atoms with Crippen molar-refractivity contribution in [3.05, 3.63) is 11.3 Å². The normalized spacial score (nSPS) is 20.4. The molecular formula is C11H16N4O. The van der Waals surface area contributed by atoms with Crippen LogP contribution in [0.25, 0.3) is 0 Å². The first-order chi connectivity index (χ1) is 7.72. The van der Waals surface area contributed by atoms with E-state index in [4.69, 9.17) is 10.00 Å². The number of aryl methyl sites for hydroxylation is 2. The summed E-state index contributed by atoms with van der Waals surface area (Å²) in [6, 6.07) is 2.48. The van der Waals surface area contributed by atoms with Crippen molar-refractivity contribution in [2.75, 3.05) is 18.5 Å². The van der Waals surface area contributed by atoms with Crippen molar-refractivity contribution in [3.63, 3.8) is 0 Å². The Morgan fingerprint density at radius 1 is 1.62 bits per heavy atom. The van der Waals surface area contributed by atoms with Gasteiger partial charge < -0.3 is 10.1 Å². The molecule has 1 aliphatic heterocycles. The molecule has 1 aromatic rings. The fourth-order valence-corrected chi connectivity index (χ4v) is 2.01. The molecule has 5 nitrogen and oxygen atoms in total. The maximum absolute atomic E-state index is 9.07. The van der Waals surface area contributed by atoms with E-state index in [1.807, 2.05) is 14.0 Å². The van der Waals surface area contributed by atoms with E-state index in [0.717, 1.165) is 31.0 Å². The minimum atomic E-state index is 0.288. The Hall–Kier alpha value is -1.54. The van der Waals surface area contributed by atoms with Gasteiger partial charge in [0, 0.05) is 13.7 Å². The van der Waals surface area contributed by atoms with Crippen molar-refractivity contribution < 1.29 is 4.74 Å². The van der Waals surface area contributed by atoms with E-state index in [9.17, 15) is 0 Å². The molecule has 0 radical (unpaired) electrons. The molecule has 16 heavy (non-hydrogen) atoms. The average molecular weight is 220 g/mol. The molecule has 0 aliphatic carbocycles. The second-order valence-corrected chi connectivity index (χ2v) is 4.10. The van der Waals surface area contributed by atoms with Gasteiger partial charge in [-0.05, 0) is 19.8 Å². The average Bonchev–Trinajstić information content (AvgIpc) is 2.55. The summed E-state index contributed by atoms with van der Waals surface area (Å²) in [5, 5.41) is 16.6. The molecular weight excluding hydrogens is 204 g/mol. The van der Waals surface area contributed by atoms with Crippen LogP contribution in [0.3, 0.4) is 0 Å². The SMILES string of the molecule is Cc1nn(C)c(NC2CCCOC2)c1C#N. The van der Waals surface area contributed by atoms with Crippen LogP contribution in [0.15, 0.2) is 0 Å². The van der Waals surface area contributed by atoms with Gasteiger partial charge in [-0.25, -0.2) is 0 Å². The quantitative estimate of drug-likeness (QED) is 0.813. The molecule has 5 heteroatoms. The zero-order chi connectivity index (χ0) is 11.5. The lowest BCUT2D eigenvalue weighted by molar-refractivity contribution is 0.0874. The summed E-state index contributed by atoms with van der Waals surface area (Å²) in [5.41, 5.74) is 1.40. The Kier molecular flexibility index (Phi) is 3.11. The van der Waals surface area contributed by atoms with Crippen LogP contribution >= 0.6 is 0 Å². The maximum atomic E-state index is 9.07. The fourth-order valence-electron chi connectivity index (χ4n) is 2.01. The van der Waals surface area contributed by atoms with Crippen LogP contribution < -0.4 is 5.32 Å². The first kappa shape index (κ1) is 11.0. The molecule has 0 saturated carbocycles. The van der Waals surface area contributed by atoms with E-state index in [1.54, 1.807) is 4.68 Å². The van der Waals surface area contributed by atoms with Gasteiger partial charge >= 0.3 is 0 Å². The Bertz CT molecular complexity index is 412. The van der Waals surface area contributed by atoms with E-state index < -0.39 is 0 Å².